The third-order valence-electron chi connectivity index (χ3n) is 2.88. The Morgan fingerprint density at radius 1 is 1.40 bits per heavy atom. The Morgan fingerprint density at radius 3 is 2.65 bits per heavy atom. The number of aromatic nitrogens is 1. The average molecular weight is 277 g/mol. The van der Waals surface area contributed by atoms with Crippen LogP contribution in [0.1, 0.15) is 17.3 Å². The number of nitro benzene ring substituents is 1. The van der Waals surface area contributed by atoms with Crippen LogP contribution in [0.4, 0.5) is 17.1 Å². The summed E-state index contributed by atoms with van der Waals surface area (Å²) in [5, 5.41) is 14.0. The van der Waals surface area contributed by atoms with Crippen molar-refractivity contribution in [3.05, 3.63) is 45.7 Å². The molecule has 4 N–H and O–H groups in total. The minimum Gasteiger partial charge on any atom is -0.444 e. The van der Waals surface area contributed by atoms with Crippen LogP contribution in [0.15, 0.2) is 22.6 Å². The molecule has 2 rings (SSSR count). The standard InChI is InChI=1S/C12H15N5O3/c1-7-8(2)20-11(15-7)6-14-9-4-3-5-10(16-13)12(9)17(18)19/h3-5,14,16H,6,13H2,1-2H3. The van der Waals surface area contributed by atoms with Gasteiger partial charge in [0.2, 0.25) is 5.89 Å². The van der Waals surface area contributed by atoms with Gasteiger partial charge in [0.15, 0.2) is 0 Å². The quantitative estimate of drug-likeness (QED) is 0.435. The maximum atomic E-state index is 11.1. The second-order valence-electron chi connectivity index (χ2n) is 4.21. The molecule has 0 bridgehead atoms. The summed E-state index contributed by atoms with van der Waals surface area (Å²) in [5.41, 5.74) is 3.57. The lowest BCUT2D eigenvalue weighted by molar-refractivity contribution is -0.383. The molecule has 0 spiro atoms. The molecule has 1 heterocycles. The van der Waals surface area contributed by atoms with E-state index < -0.39 is 4.92 Å². The summed E-state index contributed by atoms with van der Waals surface area (Å²) in [5.74, 6) is 6.48. The summed E-state index contributed by atoms with van der Waals surface area (Å²) in [6.07, 6.45) is 0. The van der Waals surface area contributed by atoms with Gasteiger partial charge in [0, 0.05) is 0 Å². The van der Waals surface area contributed by atoms with E-state index in [9.17, 15) is 10.1 Å². The summed E-state index contributed by atoms with van der Waals surface area (Å²) in [6.45, 7) is 3.90. The van der Waals surface area contributed by atoms with E-state index in [-0.39, 0.29) is 17.9 Å². The maximum absolute atomic E-state index is 11.1. The second kappa shape index (κ2) is 5.57. The van der Waals surface area contributed by atoms with E-state index in [0.29, 0.717) is 11.6 Å². The van der Waals surface area contributed by atoms with Crippen molar-refractivity contribution in [2.45, 2.75) is 20.4 Å². The number of hydrazine groups is 1. The molecule has 0 saturated heterocycles. The monoisotopic (exact) mass is 277 g/mol. The zero-order valence-corrected chi connectivity index (χ0v) is 11.1. The predicted molar refractivity (Wildman–Crippen MR) is 74.2 cm³/mol. The molecule has 2 aromatic rings. The molecule has 8 nitrogen and oxygen atoms in total. The summed E-state index contributed by atoms with van der Waals surface area (Å²) in [7, 11) is 0. The van der Waals surface area contributed by atoms with Gasteiger partial charge >= 0.3 is 5.69 Å². The lowest BCUT2D eigenvalue weighted by Gasteiger charge is -2.08. The Morgan fingerprint density at radius 2 is 2.10 bits per heavy atom. The fraction of sp³-hybridized carbons (Fsp3) is 0.250. The minimum atomic E-state index is -0.496. The summed E-state index contributed by atoms with van der Waals surface area (Å²) in [4.78, 5) is 14.8. The molecule has 0 fully saturated rings. The number of nitrogens with zero attached hydrogens (tertiary/aromatic N) is 2. The molecular formula is C12H15N5O3. The molecule has 0 saturated carbocycles. The highest BCUT2D eigenvalue weighted by Crippen LogP contribution is 2.32. The molecule has 106 valence electrons. The van der Waals surface area contributed by atoms with Crippen molar-refractivity contribution in [2.75, 3.05) is 10.7 Å². The van der Waals surface area contributed by atoms with Gasteiger partial charge in [0.1, 0.15) is 17.1 Å². The van der Waals surface area contributed by atoms with Gasteiger partial charge in [0.25, 0.3) is 0 Å². The molecule has 0 amide bonds. The highest BCUT2D eigenvalue weighted by atomic mass is 16.6. The molecule has 0 unspecified atom stereocenters. The topological polar surface area (TPSA) is 119 Å². The number of nitrogens with two attached hydrogens (primary N) is 1. The maximum Gasteiger partial charge on any atom is 0.316 e. The van der Waals surface area contributed by atoms with Gasteiger partial charge in [-0.15, -0.1) is 0 Å². The normalized spacial score (nSPS) is 10.3. The number of rotatable bonds is 5. The van der Waals surface area contributed by atoms with Gasteiger partial charge in [-0.1, -0.05) is 6.07 Å². The van der Waals surface area contributed by atoms with Gasteiger partial charge in [-0.05, 0) is 26.0 Å². The third-order valence-corrected chi connectivity index (χ3v) is 2.88. The van der Waals surface area contributed by atoms with Crippen molar-refractivity contribution in [1.29, 1.82) is 0 Å². The van der Waals surface area contributed by atoms with Gasteiger partial charge in [-0.2, -0.15) is 0 Å². The molecule has 8 heteroatoms. The van der Waals surface area contributed by atoms with Crippen LogP contribution in [-0.4, -0.2) is 9.91 Å². The second-order valence-corrected chi connectivity index (χ2v) is 4.21. The van der Waals surface area contributed by atoms with E-state index in [4.69, 9.17) is 10.3 Å². The number of anilines is 2. The van der Waals surface area contributed by atoms with E-state index in [2.05, 4.69) is 15.7 Å². The Balaban J connectivity index is 2.23. The van der Waals surface area contributed by atoms with Gasteiger partial charge in [-0.25, -0.2) is 4.98 Å². The summed E-state index contributed by atoms with van der Waals surface area (Å²) < 4.78 is 5.41. The number of nitrogen functional groups attached to an aromatic ring is 1. The molecule has 0 aliphatic carbocycles. The van der Waals surface area contributed by atoms with Gasteiger partial charge in [0.05, 0.1) is 17.2 Å². The Hall–Kier alpha value is -2.61. The van der Waals surface area contributed by atoms with Crippen LogP contribution in [0.2, 0.25) is 0 Å². The third kappa shape index (κ3) is 2.69. The molecule has 1 aromatic carbocycles. The van der Waals surface area contributed by atoms with Crippen LogP contribution < -0.4 is 16.6 Å². The van der Waals surface area contributed by atoms with E-state index in [0.717, 1.165) is 11.5 Å². The molecule has 0 aliphatic rings. The Kier molecular flexibility index (Phi) is 3.85. The molecule has 0 atom stereocenters. The highest BCUT2D eigenvalue weighted by molar-refractivity contribution is 5.75. The lowest BCUT2D eigenvalue weighted by Crippen LogP contribution is -2.11. The Labute approximate surface area is 115 Å². The average Bonchev–Trinajstić information content (AvgIpc) is 2.74. The fourth-order valence-electron chi connectivity index (χ4n) is 1.78. The van der Waals surface area contributed by atoms with E-state index in [1.165, 1.54) is 6.07 Å². The van der Waals surface area contributed by atoms with Crippen LogP contribution in [0, 0.1) is 24.0 Å². The number of hydrogen-bond donors (Lipinski definition) is 3. The lowest BCUT2D eigenvalue weighted by atomic mass is 10.2. The highest BCUT2D eigenvalue weighted by Gasteiger charge is 2.19. The first-order valence-electron chi connectivity index (χ1n) is 5.93. The van der Waals surface area contributed by atoms with Crippen LogP contribution in [0.3, 0.4) is 0 Å². The molecular weight excluding hydrogens is 262 g/mol. The predicted octanol–water partition coefficient (Wildman–Crippen LogP) is 2.10. The van der Waals surface area contributed by atoms with Crippen LogP contribution in [0.25, 0.3) is 0 Å². The zero-order chi connectivity index (χ0) is 14.7. The Bertz CT molecular complexity index is 619. The van der Waals surface area contributed by atoms with Gasteiger partial charge < -0.3 is 15.2 Å². The SMILES string of the molecule is Cc1nc(CNc2cccc(NN)c2[N+](=O)[O-])oc1C. The number of aryl methyl sites for hydroxylation is 2. The number of oxazole rings is 1. The number of benzene rings is 1. The first-order chi connectivity index (χ1) is 9.52. The smallest absolute Gasteiger partial charge is 0.316 e. The largest absolute Gasteiger partial charge is 0.444 e. The first kappa shape index (κ1) is 13.8. The van der Waals surface area contributed by atoms with Crippen molar-refractivity contribution < 1.29 is 9.34 Å². The summed E-state index contributed by atoms with van der Waals surface area (Å²) in [6, 6.07) is 4.79. The number of para-hydroxylation sites is 1. The van der Waals surface area contributed by atoms with Crippen LogP contribution in [0.5, 0.6) is 0 Å². The molecule has 0 aliphatic heterocycles. The molecule has 1 aromatic heterocycles. The van der Waals surface area contributed by atoms with Crippen LogP contribution in [-0.2, 0) is 6.54 Å². The van der Waals surface area contributed by atoms with E-state index in [1.54, 1.807) is 12.1 Å². The molecule has 20 heavy (non-hydrogen) atoms. The van der Waals surface area contributed by atoms with E-state index >= 15 is 0 Å². The van der Waals surface area contributed by atoms with Crippen molar-refractivity contribution in [3.8, 4) is 0 Å². The number of nitrogens with one attached hydrogen (secondary N) is 2. The van der Waals surface area contributed by atoms with Gasteiger partial charge in [-0.3, -0.25) is 16.0 Å². The number of nitro groups is 1. The first-order valence-corrected chi connectivity index (χ1v) is 5.93. The van der Waals surface area contributed by atoms with Crippen molar-refractivity contribution in [2.24, 2.45) is 5.84 Å². The van der Waals surface area contributed by atoms with Crippen molar-refractivity contribution in [3.63, 3.8) is 0 Å². The van der Waals surface area contributed by atoms with Crippen molar-refractivity contribution >= 4 is 17.1 Å². The van der Waals surface area contributed by atoms with Crippen LogP contribution >= 0.6 is 0 Å². The summed E-state index contributed by atoms with van der Waals surface area (Å²) >= 11 is 0. The fourth-order valence-corrected chi connectivity index (χ4v) is 1.78. The van der Waals surface area contributed by atoms with Crippen molar-refractivity contribution in [1.82, 2.24) is 4.98 Å². The number of hydrogen-bond acceptors (Lipinski definition) is 7. The molecule has 0 radical (unpaired) electrons. The minimum absolute atomic E-state index is 0.116. The zero-order valence-electron chi connectivity index (χ0n) is 11.1. The van der Waals surface area contributed by atoms with E-state index in [1.807, 2.05) is 13.8 Å².